The molecule has 10 heavy (non-hydrogen) atoms. The molecule has 0 aliphatic heterocycles. The SMILES string of the molecule is CON([O-])CC(C)CN=O. The Morgan fingerprint density at radius 3 is 2.80 bits per heavy atom. The minimum Gasteiger partial charge on any atom is -0.762 e. The van der Waals surface area contributed by atoms with Gasteiger partial charge in [0, 0.05) is 6.54 Å². The summed E-state index contributed by atoms with van der Waals surface area (Å²) in [4.78, 5) is 14.0. The second-order valence-electron chi connectivity index (χ2n) is 2.11. The van der Waals surface area contributed by atoms with Gasteiger partial charge in [-0.2, -0.15) is 4.91 Å². The Kier molecular flexibility index (Phi) is 5.00. The highest BCUT2D eigenvalue weighted by Crippen LogP contribution is 1.98. The Morgan fingerprint density at radius 1 is 1.80 bits per heavy atom. The van der Waals surface area contributed by atoms with Gasteiger partial charge >= 0.3 is 0 Å². The zero-order chi connectivity index (χ0) is 7.98. The zero-order valence-corrected chi connectivity index (χ0v) is 6.11. The lowest BCUT2D eigenvalue weighted by molar-refractivity contribution is -0.0948. The van der Waals surface area contributed by atoms with Gasteiger partial charge in [-0.1, -0.05) is 12.1 Å². The molecule has 0 radical (unpaired) electrons. The van der Waals surface area contributed by atoms with Gasteiger partial charge in [0.1, 0.15) is 0 Å². The van der Waals surface area contributed by atoms with Crippen LogP contribution in [0.2, 0.25) is 0 Å². The predicted molar refractivity (Wildman–Crippen MR) is 36.9 cm³/mol. The molecule has 0 aromatic rings. The van der Waals surface area contributed by atoms with Crippen molar-refractivity contribution in [1.29, 1.82) is 0 Å². The van der Waals surface area contributed by atoms with Crippen LogP contribution >= 0.6 is 0 Å². The van der Waals surface area contributed by atoms with Crippen molar-refractivity contribution < 1.29 is 4.84 Å². The maximum Gasteiger partial charge on any atom is 0.0849 e. The standard InChI is InChI=1S/C5H11N2O3/c1-5(3-6-8)4-7(9)10-2/h5H,3-4H2,1-2H3/q-1. The number of rotatable bonds is 5. The lowest BCUT2D eigenvalue weighted by Crippen LogP contribution is -2.22. The van der Waals surface area contributed by atoms with E-state index < -0.39 is 0 Å². The highest BCUT2D eigenvalue weighted by Gasteiger charge is 2.01. The molecule has 0 fully saturated rings. The van der Waals surface area contributed by atoms with Crippen LogP contribution in [0.4, 0.5) is 0 Å². The fourth-order valence-electron chi connectivity index (χ4n) is 0.514. The summed E-state index contributed by atoms with van der Waals surface area (Å²) >= 11 is 0. The Balaban J connectivity index is 3.35. The minimum atomic E-state index is -0.0463. The molecule has 0 N–H and O–H groups in total. The van der Waals surface area contributed by atoms with Crippen molar-refractivity contribution >= 4 is 0 Å². The van der Waals surface area contributed by atoms with Gasteiger partial charge in [0.15, 0.2) is 0 Å². The molecule has 60 valence electrons. The van der Waals surface area contributed by atoms with Crippen molar-refractivity contribution in [3.05, 3.63) is 10.1 Å². The summed E-state index contributed by atoms with van der Waals surface area (Å²) in [6, 6.07) is 0. The van der Waals surface area contributed by atoms with E-state index in [1.807, 2.05) is 0 Å². The predicted octanol–water partition coefficient (Wildman–Crippen LogP) is 0.750. The Morgan fingerprint density at radius 2 is 2.40 bits per heavy atom. The molecule has 0 aliphatic rings. The zero-order valence-electron chi connectivity index (χ0n) is 6.11. The molecule has 0 bridgehead atoms. The monoisotopic (exact) mass is 147 g/mol. The third-order valence-electron chi connectivity index (χ3n) is 1.05. The summed E-state index contributed by atoms with van der Waals surface area (Å²) in [6.07, 6.45) is 0. The topological polar surface area (TPSA) is 65.0 Å². The van der Waals surface area contributed by atoms with E-state index in [0.29, 0.717) is 5.23 Å². The van der Waals surface area contributed by atoms with Crippen LogP contribution in [0, 0.1) is 16.0 Å². The number of hydroxylamine groups is 2. The van der Waals surface area contributed by atoms with Gasteiger partial charge < -0.3 is 10.0 Å². The van der Waals surface area contributed by atoms with Crippen LogP contribution in [0.25, 0.3) is 0 Å². The molecular formula is C5H11N2O3-. The maximum absolute atomic E-state index is 10.4. The molecule has 0 aliphatic carbocycles. The van der Waals surface area contributed by atoms with E-state index in [0.717, 1.165) is 0 Å². The van der Waals surface area contributed by atoms with Gasteiger partial charge in [0.05, 0.1) is 13.7 Å². The molecular weight excluding hydrogens is 136 g/mol. The Bertz CT molecular complexity index is 98.9. The van der Waals surface area contributed by atoms with E-state index in [9.17, 15) is 10.1 Å². The second kappa shape index (κ2) is 5.28. The summed E-state index contributed by atoms with van der Waals surface area (Å²) < 4.78 is 0. The first kappa shape index (κ1) is 9.48. The third-order valence-corrected chi connectivity index (χ3v) is 1.05. The van der Waals surface area contributed by atoms with Crippen LogP contribution in [0.1, 0.15) is 6.92 Å². The molecule has 0 aromatic heterocycles. The number of nitroso groups, excluding NO2 is 1. The average Bonchev–Trinajstić information content (AvgIpc) is 1.88. The fraction of sp³-hybridized carbons (Fsp3) is 1.00. The Labute approximate surface area is 59.5 Å². The van der Waals surface area contributed by atoms with Crippen LogP contribution in [0.5, 0.6) is 0 Å². The quantitative estimate of drug-likeness (QED) is 0.425. The summed E-state index contributed by atoms with van der Waals surface area (Å²) in [5.41, 5.74) is 0. The van der Waals surface area contributed by atoms with E-state index >= 15 is 0 Å². The van der Waals surface area contributed by atoms with Crippen LogP contribution in [0.15, 0.2) is 5.18 Å². The minimum absolute atomic E-state index is 0.0463. The van der Waals surface area contributed by atoms with E-state index in [2.05, 4.69) is 10.0 Å². The van der Waals surface area contributed by atoms with Gasteiger partial charge in [-0.3, -0.25) is 5.23 Å². The highest BCUT2D eigenvalue weighted by atomic mass is 16.9. The van der Waals surface area contributed by atoms with Crippen molar-refractivity contribution in [3.63, 3.8) is 0 Å². The average molecular weight is 147 g/mol. The molecule has 1 atom stereocenters. The lowest BCUT2D eigenvalue weighted by Gasteiger charge is -2.26. The van der Waals surface area contributed by atoms with Crippen molar-refractivity contribution in [2.24, 2.45) is 11.1 Å². The van der Waals surface area contributed by atoms with Gasteiger partial charge in [0.2, 0.25) is 0 Å². The first-order valence-electron chi connectivity index (χ1n) is 2.98. The molecule has 5 heteroatoms. The summed E-state index contributed by atoms with van der Waals surface area (Å²) in [7, 11) is 1.29. The largest absolute Gasteiger partial charge is 0.762 e. The van der Waals surface area contributed by atoms with Crippen LogP contribution in [-0.2, 0) is 4.84 Å². The van der Waals surface area contributed by atoms with Crippen molar-refractivity contribution in [2.45, 2.75) is 6.92 Å². The van der Waals surface area contributed by atoms with Crippen molar-refractivity contribution in [3.8, 4) is 0 Å². The lowest BCUT2D eigenvalue weighted by atomic mass is 10.2. The molecule has 0 amide bonds. The smallest absolute Gasteiger partial charge is 0.0849 e. The first-order valence-corrected chi connectivity index (χ1v) is 2.98. The maximum atomic E-state index is 10.4. The molecule has 0 heterocycles. The summed E-state index contributed by atoms with van der Waals surface area (Å²) in [6.45, 7) is 2.09. The van der Waals surface area contributed by atoms with Gasteiger partial charge in [0.25, 0.3) is 0 Å². The molecule has 0 saturated heterocycles. The molecule has 5 nitrogen and oxygen atoms in total. The van der Waals surface area contributed by atoms with E-state index in [-0.39, 0.29) is 19.0 Å². The van der Waals surface area contributed by atoms with Crippen LogP contribution in [-0.4, -0.2) is 25.4 Å². The fourth-order valence-corrected chi connectivity index (χ4v) is 0.514. The van der Waals surface area contributed by atoms with Crippen LogP contribution in [0.3, 0.4) is 0 Å². The summed E-state index contributed by atoms with van der Waals surface area (Å²) in [5, 5.41) is 13.5. The Hall–Kier alpha value is -0.520. The van der Waals surface area contributed by atoms with E-state index in [1.54, 1.807) is 6.92 Å². The van der Waals surface area contributed by atoms with Gasteiger partial charge in [-0.15, -0.1) is 0 Å². The van der Waals surface area contributed by atoms with Crippen molar-refractivity contribution in [2.75, 3.05) is 20.2 Å². The van der Waals surface area contributed by atoms with E-state index in [1.165, 1.54) is 7.11 Å². The van der Waals surface area contributed by atoms with Gasteiger partial charge in [-0.25, -0.2) is 0 Å². The number of hydrogen-bond donors (Lipinski definition) is 0. The normalized spacial score (nSPS) is 13.6. The second-order valence-corrected chi connectivity index (χ2v) is 2.11. The number of nitrogens with zero attached hydrogens (tertiary/aromatic N) is 2. The summed E-state index contributed by atoms with van der Waals surface area (Å²) in [5.74, 6) is -0.0463. The molecule has 0 aromatic carbocycles. The van der Waals surface area contributed by atoms with Gasteiger partial charge in [-0.05, 0) is 5.92 Å². The van der Waals surface area contributed by atoms with Crippen LogP contribution < -0.4 is 0 Å². The first-order chi connectivity index (χ1) is 4.70. The molecule has 0 rings (SSSR count). The molecule has 1 unspecified atom stereocenters. The molecule has 0 saturated carbocycles. The van der Waals surface area contributed by atoms with Crippen molar-refractivity contribution in [1.82, 2.24) is 5.23 Å². The molecule has 0 spiro atoms. The third kappa shape index (κ3) is 4.37. The number of hydrogen-bond acceptors (Lipinski definition) is 5. The van der Waals surface area contributed by atoms with E-state index in [4.69, 9.17) is 0 Å². The highest BCUT2D eigenvalue weighted by molar-refractivity contribution is 4.58.